The Balaban J connectivity index is 1.81. The normalized spacial score (nSPS) is 13.0. The fourth-order valence-corrected chi connectivity index (χ4v) is 2.81. The lowest BCUT2D eigenvalue weighted by atomic mass is 10.2. The van der Waals surface area contributed by atoms with Crippen molar-refractivity contribution in [2.75, 3.05) is 12.1 Å². The van der Waals surface area contributed by atoms with E-state index in [0.29, 0.717) is 17.2 Å². The van der Waals surface area contributed by atoms with Crippen molar-refractivity contribution in [2.45, 2.75) is 4.90 Å². The number of amides is 1. The van der Waals surface area contributed by atoms with Crippen LogP contribution in [-0.4, -0.2) is 21.1 Å². The molecule has 0 fully saturated rings. The van der Waals surface area contributed by atoms with Crippen molar-refractivity contribution in [3.63, 3.8) is 0 Å². The maximum Gasteiger partial charge on any atom is 0.255 e. The molecular formula is C14H11ClN2O5S. The Morgan fingerprint density at radius 1 is 1.17 bits per heavy atom. The van der Waals surface area contributed by atoms with Gasteiger partial charge in [0.2, 0.25) is 16.8 Å². The molecule has 3 N–H and O–H groups in total. The first-order valence-electron chi connectivity index (χ1n) is 6.38. The third-order valence-electron chi connectivity index (χ3n) is 3.13. The second kappa shape index (κ2) is 5.73. The number of anilines is 1. The fourth-order valence-electron chi connectivity index (χ4n) is 2.03. The van der Waals surface area contributed by atoms with Crippen molar-refractivity contribution in [3.05, 3.63) is 47.0 Å². The number of fused-ring (bicyclic) bond motifs is 1. The Hall–Kier alpha value is -2.29. The summed E-state index contributed by atoms with van der Waals surface area (Å²) < 4.78 is 32.7. The van der Waals surface area contributed by atoms with E-state index in [9.17, 15) is 13.2 Å². The Bertz CT molecular complexity index is 881. The highest BCUT2D eigenvalue weighted by molar-refractivity contribution is 7.89. The van der Waals surface area contributed by atoms with Gasteiger partial charge in [0, 0.05) is 11.3 Å². The number of sulfonamides is 1. The summed E-state index contributed by atoms with van der Waals surface area (Å²) in [6.45, 7) is 0.0507. The van der Waals surface area contributed by atoms with Gasteiger partial charge in [-0.1, -0.05) is 11.6 Å². The van der Waals surface area contributed by atoms with Gasteiger partial charge in [-0.05, 0) is 36.4 Å². The monoisotopic (exact) mass is 354 g/mol. The molecular weight excluding hydrogens is 344 g/mol. The average Bonchev–Trinajstić information content (AvgIpc) is 2.96. The van der Waals surface area contributed by atoms with Gasteiger partial charge in [0.1, 0.15) is 0 Å². The molecule has 0 saturated carbocycles. The highest BCUT2D eigenvalue weighted by Gasteiger charge is 2.20. The lowest BCUT2D eigenvalue weighted by molar-refractivity contribution is 0.102. The van der Waals surface area contributed by atoms with Gasteiger partial charge in [-0.15, -0.1) is 0 Å². The van der Waals surface area contributed by atoms with E-state index < -0.39 is 15.9 Å². The molecule has 0 saturated heterocycles. The molecule has 0 aliphatic carbocycles. The second-order valence-corrected chi connectivity index (χ2v) is 6.68. The minimum absolute atomic E-state index is 0.0402. The van der Waals surface area contributed by atoms with Crippen LogP contribution in [0.1, 0.15) is 10.4 Å². The number of carbonyl (C=O) groups excluding carboxylic acids is 1. The number of hydrogen-bond acceptors (Lipinski definition) is 5. The predicted molar refractivity (Wildman–Crippen MR) is 83.3 cm³/mol. The van der Waals surface area contributed by atoms with Crippen LogP contribution in [0.5, 0.6) is 11.5 Å². The Labute approximate surface area is 137 Å². The maximum atomic E-state index is 12.2. The van der Waals surface area contributed by atoms with Crippen molar-refractivity contribution >= 4 is 33.2 Å². The van der Waals surface area contributed by atoms with E-state index in [2.05, 4.69) is 5.32 Å². The summed E-state index contributed by atoms with van der Waals surface area (Å²) in [5.41, 5.74) is 0.700. The molecule has 0 spiro atoms. The molecule has 1 aliphatic rings. The number of carbonyl (C=O) groups is 1. The summed E-state index contributed by atoms with van der Waals surface area (Å²) in [5.74, 6) is 0.376. The third kappa shape index (κ3) is 3.24. The van der Waals surface area contributed by atoms with E-state index in [4.69, 9.17) is 26.2 Å². The average molecular weight is 355 g/mol. The lowest BCUT2D eigenvalue weighted by Gasteiger charge is -2.07. The van der Waals surface area contributed by atoms with Crippen LogP contribution in [0.15, 0.2) is 41.3 Å². The molecule has 1 heterocycles. The van der Waals surface area contributed by atoms with E-state index >= 15 is 0 Å². The zero-order valence-corrected chi connectivity index (χ0v) is 13.1. The highest BCUT2D eigenvalue weighted by Crippen LogP contribution is 2.39. The van der Waals surface area contributed by atoms with Gasteiger partial charge in [0.25, 0.3) is 5.91 Å². The number of nitrogens with two attached hydrogens (primary N) is 1. The van der Waals surface area contributed by atoms with Crippen LogP contribution in [0, 0.1) is 0 Å². The molecule has 2 aromatic rings. The minimum atomic E-state index is -3.77. The largest absolute Gasteiger partial charge is 0.454 e. The highest BCUT2D eigenvalue weighted by atomic mass is 35.5. The quantitative estimate of drug-likeness (QED) is 0.876. The van der Waals surface area contributed by atoms with Crippen molar-refractivity contribution in [2.24, 2.45) is 5.14 Å². The molecule has 120 valence electrons. The number of benzene rings is 2. The molecule has 0 radical (unpaired) electrons. The van der Waals surface area contributed by atoms with Gasteiger partial charge in [-0.25, -0.2) is 13.6 Å². The van der Waals surface area contributed by atoms with E-state index in [1.807, 2.05) is 0 Å². The molecule has 23 heavy (non-hydrogen) atoms. The third-order valence-corrected chi connectivity index (χ3v) is 4.34. The number of ether oxygens (including phenoxy) is 2. The summed E-state index contributed by atoms with van der Waals surface area (Å²) in [7, 11) is -3.77. The van der Waals surface area contributed by atoms with Crippen LogP contribution < -0.4 is 19.9 Å². The fraction of sp³-hybridized carbons (Fsp3) is 0.0714. The van der Waals surface area contributed by atoms with Crippen molar-refractivity contribution in [1.82, 2.24) is 0 Å². The van der Waals surface area contributed by atoms with Crippen LogP contribution in [0.3, 0.4) is 0 Å². The Kier molecular flexibility index (Phi) is 3.88. The zero-order chi connectivity index (χ0) is 16.6. The summed E-state index contributed by atoms with van der Waals surface area (Å²) in [5, 5.41) is 7.91. The smallest absolute Gasteiger partial charge is 0.255 e. The zero-order valence-electron chi connectivity index (χ0n) is 11.6. The molecule has 7 nitrogen and oxygen atoms in total. The van der Waals surface area contributed by atoms with Gasteiger partial charge in [-0.2, -0.15) is 0 Å². The number of halogens is 1. The first kappa shape index (κ1) is 15.6. The molecule has 1 amide bonds. The van der Waals surface area contributed by atoms with E-state index in [1.54, 1.807) is 0 Å². The van der Waals surface area contributed by atoms with Crippen LogP contribution in [0.25, 0.3) is 0 Å². The molecule has 9 heteroatoms. The molecule has 0 aromatic heterocycles. The molecule has 0 bridgehead atoms. The first-order valence-corrected chi connectivity index (χ1v) is 8.30. The summed E-state index contributed by atoms with van der Waals surface area (Å²) >= 11 is 6.03. The number of hydrogen-bond donors (Lipinski definition) is 2. The molecule has 2 aromatic carbocycles. The number of nitrogens with one attached hydrogen (secondary N) is 1. The van der Waals surface area contributed by atoms with Gasteiger partial charge < -0.3 is 14.8 Å². The van der Waals surface area contributed by atoms with Gasteiger partial charge in [0.15, 0.2) is 11.5 Å². The number of primary sulfonamides is 1. The standard InChI is InChI=1S/C14H11ClN2O5S/c15-11-5-8(6-12-13(11)22-7-21-12)14(18)17-9-1-3-10(4-2-9)23(16,19)20/h1-6H,7H2,(H,17,18)(H2,16,19,20). The molecule has 1 aliphatic heterocycles. The summed E-state index contributed by atoms with van der Waals surface area (Å²) in [6.07, 6.45) is 0. The summed E-state index contributed by atoms with van der Waals surface area (Å²) in [6, 6.07) is 8.46. The molecule has 0 atom stereocenters. The minimum Gasteiger partial charge on any atom is -0.454 e. The van der Waals surface area contributed by atoms with Crippen LogP contribution >= 0.6 is 11.6 Å². The first-order chi connectivity index (χ1) is 10.8. The van der Waals surface area contributed by atoms with Crippen molar-refractivity contribution < 1.29 is 22.7 Å². The predicted octanol–water partition coefficient (Wildman–Crippen LogP) is 1.97. The number of rotatable bonds is 3. The second-order valence-electron chi connectivity index (χ2n) is 4.72. The van der Waals surface area contributed by atoms with Crippen LogP contribution in [-0.2, 0) is 10.0 Å². The molecule has 3 rings (SSSR count). The van der Waals surface area contributed by atoms with E-state index in [0.717, 1.165) is 0 Å². The van der Waals surface area contributed by atoms with Crippen molar-refractivity contribution in [3.8, 4) is 11.5 Å². The Morgan fingerprint density at radius 2 is 1.87 bits per heavy atom. The SMILES string of the molecule is NS(=O)(=O)c1ccc(NC(=O)c2cc(Cl)c3c(c2)OCO3)cc1. The lowest BCUT2D eigenvalue weighted by Crippen LogP contribution is -2.14. The molecule has 0 unspecified atom stereocenters. The van der Waals surface area contributed by atoms with Gasteiger partial charge in [0.05, 0.1) is 9.92 Å². The van der Waals surface area contributed by atoms with Crippen molar-refractivity contribution in [1.29, 1.82) is 0 Å². The maximum absolute atomic E-state index is 12.2. The van der Waals surface area contributed by atoms with Crippen LogP contribution in [0.2, 0.25) is 5.02 Å². The van der Waals surface area contributed by atoms with Gasteiger partial charge in [-0.3, -0.25) is 4.79 Å². The topological polar surface area (TPSA) is 108 Å². The van der Waals surface area contributed by atoms with Gasteiger partial charge >= 0.3 is 0 Å². The summed E-state index contributed by atoms with van der Waals surface area (Å²) in [4.78, 5) is 12.2. The van der Waals surface area contributed by atoms with E-state index in [1.165, 1.54) is 36.4 Å². The van der Waals surface area contributed by atoms with E-state index in [-0.39, 0.29) is 22.3 Å². The van der Waals surface area contributed by atoms with Crippen LogP contribution in [0.4, 0.5) is 5.69 Å². The Morgan fingerprint density at radius 3 is 2.52 bits per heavy atom.